The van der Waals surface area contributed by atoms with Gasteiger partial charge < -0.3 is 4.74 Å². The maximum Gasteiger partial charge on any atom is 0.261 e. The molecule has 0 aliphatic rings. The Bertz CT molecular complexity index is 879. The predicted octanol–water partition coefficient (Wildman–Crippen LogP) is 3.38. The van der Waals surface area contributed by atoms with Crippen LogP contribution >= 0.6 is 15.9 Å². The number of benzene rings is 2. The number of fused-ring (bicyclic) bond motifs is 1. The average molecular weight is 363 g/mol. The molecule has 0 amide bonds. The van der Waals surface area contributed by atoms with Crippen LogP contribution in [0, 0.1) is 5.82 Å². The number of hydrogen-bond donors (Lipinski definition) is 0. The molecule has 4 nitrogen and oxygen atoms in total. The first kappa shape index (κ1) is 14.7. The molecule has 112 valence electrons. The Kier molecular flexibility index (Phi) is 4.20. The zero-order chi connectivity index (χ0) is 15.5. The van der Waals surface area contributed by atoms with Gasteiger partial charge in [-0.2, -0.15) is 0 Å². The second-order valence-electron chi connectivity index (χ2n) is 4.71. The van der Waals surface area contributed by atoms with Gasteiger partial charge >= 0.3 is 0 Å². The molecule has 1 aromatic heterocycles. The van der Waals surface area contributed by atoms with Crippen LogP contribution in [0.25, 0.3) is 10.9 Å². The van der Waals surface area contributed by atoms with Crippen LogP contribution < -0.4 is 10.3 Å². The summed E-state index contributed by atoms with van der Waals surface area (Å²) >= 11 is 3.35. The van der Waals surface area contributed by atoms with Crippen molar-refractivity contribution in [2.75, 3.05) is 6.61 Å². The van der Waals surface area contributed by atoms with Crippen molar-refractivity contribution in [3.05, 3.63) is 69.4 Å². The minimum absolute atomic E-state index is 0.130. The van der Waals surface area contributed by atoms with E-state index in [9.17, 15) is 9.18 Å². The van der Waals surface area contributed by atoms with E-state index in [0.717, 1.165) is 4.47 Å². The average Bonchev–Trinajstić information content (AvgIpc) is 2.50. The molecule has 0 N–H and O–H groups in total. The van der Waals surface area contributed by atoms with Gasteiger partial charge in [0.1, 0.15) is 18.2 Å². The summed E-state index contributed by atoms with van der Waals surface area (Å²) in [5.74, 6) is 0.0800. The zero-order valence-corrected chi connectivity index (χ0v) is 13.1. The van der Waals surface area contributed by atoms with E-state index in [1.165, 1.54) is 23.0 Å². The van der Waals surface area contributed by atoms with E-state index in [1.807, 2.05) is 6.07 Å². The van der Waals surface area contributed by atoms with Gasteiger partial charge in [0.05, 0.1) is 23.8 Å². The Morgan fingerprint density at radius 2 is 2.09 bits per heavy atom. The molecule has 22 heavy (non-hydrogen) atoms. The molecule has 0 radical (unpaired) electrons. The van der Waals surface area contributed by atoms with E-state index >= 15 is 0 Å². The largest absolute Gasteiger partial charge is 0.492 e. The molecule has 0 aliphatic carbocycles. The first-order chi connectivity index (χ1) is 10.6. The fourth-order valence-corrected chi connectivity index (χ4v) is 2.47. The smallest absolute Gasteiger partial charge is 0.261 e. The highest BCUT2D eigenvalue weighted by Gasteiger charge is 2.05. The molecule has 0 spiro atoms. The van der Waals surface area contributed by atoms with Gasteiger partial charge in [-0.1, -0.05) is 22.0 Å². The van der Waals surface area contributed by atoms with Crippen LogP contribution in [0.2, 0.25) is 0 Å². The molecule has 0 bridgehead atoms. The maximum absolute atomic E-state index is 13.0. The summed E-state index contributed by atoms with van der Waals surface area (Å²) in [5.41, 5.74) is 0.518. The van der Waals surface area contributed by atoms with Gasteiger partial charge in [0.2, 0.25) is 0 Å². The van der Waals surface area contributed by atoms with Gasteiger partial charge in [0, 0.05) is 10.5 Å². The highest BCUT2D eigenvalue weighted by Crippen LogP contribution is 2.15. The van der Waals surface area contributed by atoms with Crippen LogP contribution in [0.4, 0.5) is 4.39 Å². The van der Waals surface area contributed by atoms with Crippen molar-refractivity contribution < 1.29 is 9.13 Å². The van der Waals surface area contributed by atoms with Crippen LogP contribution in [0.1, 0.15) is 0 Å². The summed E-state index contributed by atoms with van der Waals surface area (Å²) in [4.78, 5) is 16.6. The van der Waals surface area contributed by atoms with Crippen LogP contribution in [-0.4, -0.2) is 16.2 Å². The summed E-state index contributed by atoms with van der Waals surface area (Å²) in [6.07, 6.45) is 1.49. The minimum Gasteiger partial charge on any atom is -0.492 e. The lowest BCUT2D eigenvalue weighted by Crippen LogP contribution is -2.23. The molecule has 0 fully saturated rings. The third kappa shape index (κ3) is 3.17. The summed E-state index contributed by atoms with van der Waals surface area (Å²) in [7, 11) is 0. The lowest BCUT2D eigenvalue weighted by molar-refractivity contribution is 0.294. The van der Waals surface area contributed by atoms with E-state index in [1.54, 1.807) is 24.3 Å². The van der Waals surface area contributed by atoms with Crippen molar-refractivity contribution in [1.29, 1.82) is 0 Å². The molecule has 0 saturated carbocycles. The minimum atomic E-state index is -0.355. The molecule has 1 heterocycles. The topological polar surface area (TPSA) is 44.1 Å². The fraction of sp³-hybridized carbons (Fsp3) is 0.125. The molecular weight excluding hydrogens is 351 g/mol. The normalized spacial score (nSPS) is 10.8. The predicted molar refractivity (Wildman–Crippen MR) is 85.6 cm³/mol. The summed E-state index contributed by atoms with van der Waals surface area (Å²) in [6.45, 7) is 0.593. The van der Waals surface area contributed by atoms with Crippen LogP contribution in [0.3, 0.4) is 0 Å². The molecule has 0 unspecified atom stereocenters. The standard InChI is InChI=1S/C16H12BrFN2O2/c17-11-4-5-15-14(8-11)16(21)20(10-19-15)6-7-22-13-3-1-2-12(18)9-13/h1-5,8-10H,6-7H2. The fourth-order valence-electron chi connectivity index (χ4n) is 2.11. The second-order valence-corrected chi connectivity index (χ2v) is 5.63. The van der Waals surface area contributed by atoms with Crippen molar-refractivity contribution in [2.45, 2.75) is 6.54 Å². The molecule has 3 rings (SSSR count). The van der Waals surface area contributed by atoms with Crippen molar-refractivity contribution in [3.8, 4) is 5.75 Å². The number of rotatable bonds is 4. The zero-order valence-electron chi connectivity index (χ0n) is 11.5. The van der Waals surface area contributed by atoms with Crippen molar-refractivity contribution in [2.24, 2.45) is 0 Å². The van der Waals surface area contributed by atoms with Gasteiger partial charge in [-0.15, -0.1) is 0 Å². The molecular formula is C16H12BrFN2O2. The first-order valence-corrected chi connectivity index (χ1v) is 7.46. The Morgan fingerprint density at radius 3 is 2.91 bits per heavy atom. The molecule has 6 heteroatoms. The molecule has 0 saturated heterocycles. The van der Waals surface area contributed by atoms with Crippen LogP contribution in [-0.2, 0) is 6.54 Å². The maximum atomic E-state index is 13.0. The Morgan fingerprint density at radius 1 is 1.23 bits per heavy atom. The van der Waals surface area contributed by atoms with E-state index in [-0.39, 0.29) is 18.0 Å². The third-order valence-electron chi connectivity index (χ3n) is 3.18. The van der Waals surface area contributed by atoms with E-state index in [0.29, 0.717) is 23.2 Å². The van der Waals surface area contributed by atoms with Crippen molar-refractivity contribution >= 4 is 26.8 Å². The third-order valence-corrected chi connectivity index (χ3v) is 3.68. The van der Waals surface area contributed by atoms with Crippen molar-refractivity contribution in [3.63, 3.8) is 0 Å². The number of nitrogens with zero attached hydrogens (tertiary/aromatic N) is 2. The van der Waals surface area contributed by atoms with E-state index in [4.69, 9.17) is 4.74 Å². The second kappa shape index (κ2) is 6.27. The molecule has 2 aromatic carbocycles. The SMILES string of the molecule is O=c1c2cc(Br)ccc2ncn1CCOc1cccc(F)c1. The van der Waals surface area contributed by atoms with E-state index in [2.05, 4.69) is 20.9 Å². The molecule has 0 aliphatic heterocycles. The van der Waals surface area contributed by atoms with E-state index < -0.39 is 0 Å². The summed E-state index contributed by atoms with van der Waals surface area (Å²) in [6, 6.07) is 11.3. The lowest BCUT2D eigenvalue weighted by atomic mass is 10.2. The monoisotopic (exact) mass is 362 g/mol. The van der Waals surface area contributed by atoms with Gasteiger partial charge in [-0.05, 0) is 30.3 Å². The first-order valence-electron chi connectivity index (χ1n) is 6.66. The highest BCUT2D eigenvalue weighted by atomic mass is 79.9. The summed E-state index contributed by atoms with van der Waals surface area (Å²) in [5, 5.41) is 0.544. The number of ether oxygens (including phenoxy) is 1. The number of hydrogen-bond acceptors (Lipinski definition) is 3. The van der Waals surface area contributed by atoms with Gasteiger partial charge in [-0.25, -0.2) is 9.37 Å². The number of halogens is 2. The molecule has 0 atom stereocenters. The summed E-state index contributed by atoms with van der Waals surface area (Å²) < 4.78 is 20.8. The van der Waals surface area contributed by atoms with Gasteiger partial charge in [-0.3, -0.25) is 9.36 Å². The Balaban J connectivity index is 1.77. The Labute approximate surface area is 134 Å². The quantitative estimate of drug-likeness (QED) is 0.714. The van der Waals surface area contributed by atoms with Gasteiger partial charge in [0.25, 0.3) is 5.56 Å². The van der Waals surface area contributed by atoms with Crippen molar-refractivity contribution in [1.82, 2.24) is 9.55 Å². The Hall–Kier alpha value is -2.21. The highest BCUT2D eigenvalue weighted by molar-refractivity contribution is 9.10. The van der Waals surface area contributed by atoms with Crippen LogP contribution in [0.5, 0.6) is 5.75 Å². The molecule has 3 aromatic rings. The lowest BCUT2D eigenvalue weighted by Gasteiger charge is -2.09. The number of aromatic nitrogens is 2. The van der Waals surface area contributed by atoms with Crippen LogP contribution in [0.15, 0.2) is 58.1 Å². The van der Waals surface area contributed by atoms with Gasteiger partial charge in [0.15, 0.2) is 0 Å².